The third kappa shape index (κ3) is 3.03. The number of hydrogen-bond acceptors (Lipinski definition) is 2. The van der Waals surface area contributed by atoms with E-state index in [0.29, 0.717) is 5.69 Å². The normalized spacial score (nSPS) is 12.4. The zero-order valence-corrected chi connectivity index (χ0v) is 10.2. The van der Waals surface area contributed by atoms with E-state index in [9.17, 15) is 8.78 Å². The molecule has 1 aromatic carbocycles. The van der Waals surface area contributed by atoms with Crippen LogP contribution in [-0.2, 0) is 0 Å². The van der Waals surface area contributed by atoms with E-state index in [-0.39, 0.29) is 6.04 Å². The van der Waals surface area contributed by atoms with Gasteiger partial charge in [0.15, 0.2) is 0 Å². The Morgan fingerprint density at radius 3 is 2.47 bits per heavy atom. The molecule has 0 spiro atoms. The molecule has 0 fully saturated rings. The Bertz CT molecular complexity index is 462. The van der Waals surface area contributed by atoms with Gasteiger partial charge in [0.05, 0.1) is 6.04 Å². The number of nitrogens with one attached hydrogen (secondary N) is 1. The molecule has 0 radical (unpaired) electrons. The number of halogens is 2. The summed E-state index contributed by atoms with van der Waals surface area (Å²) in [4.78, 5) is 1.16. The first-order valence-corrected chi connectivity index (χ1v) is 6.33. The van der Waals surface area contributed by atoms with Crippen LogP contribution in [0.5, 0.6) is 0 Å². The van der Waals surface area contributed by atoms with Crippen molar-refractivity contribution < 1.29 is 8.78 Å². The molecule has 2 aromatic rings. The lowest BCUT2D eigenvalue weighted by Crippen LogP contribution is -2.08. The summed E-state index contributed by atoms with van der Waals surface area (Å²) in [5.41, 5.74) is 0.475. The lowest BCUT2D eigenvalue weighted by molar-refractivity contribution is 0.583. The quantitative estimate of drug-likeness (QED) is 0.840. The van der Waals surface area contributed by atoms with Crippen molar-refractivity contribution in [3.05, 3.63) is 52.2 Å². The summed E-state index contributed by atoms with van der Waals surface area (Å²) in [6.45, 7) is 2.03. The first-order valence-electron chi connectivity index (χ1n) is 5.45. The largest absolute Gasteiger partial charge is 0.377 e. The lowest BCUT2D eigenvalue weighted by Gasteiger charge is -2.17. The van der Waals surface area contributed by atoms with Gasteiger partial charge < -0.3 is 5.32 Å². The van der Waals surface area contributed by atoms with Crippen molar-refractivity contribution in [2.45, 2.75) is 19.4 Å². The Balaban J connectivity index is 2.18. The highest BCUT2D eigenvalue weighted by Gasteiger charge is 2.11. The van der Waals surface area contributed by atoms with Crippen LogP contribution in [0.25, 0.3) is 0 Å². The summed E-state index contributed by atoms with van der Waals surface area (Å²) in [6, 6.07) is 7.56. The van der Waals surface area contributed by atoms with E-state index in [1.165, 1.54) is 12.1 Å². The molecule has 0 amide bonds. The van der Waals surface area contributed by atoms with Gasteiger partial charge in [-0.3, -0.25) is 0 Å². The predicted molar refractivity (Wildman–Crippen MR) is 67.3 cm³/mol. The van der Waals surface area contributed by atoms with E-state index >= 15 is 0 Å². The molecule has 0 aliphatic heterocycles. The molecule has 1 N–H and O–H groups in total. The van der Waals surface area contributed by atoms with Crippen molar-refractivity contribution in [3.63, 3.8) is 0 Å². The molecule has 0 saturated heterocycles. The number of rotatable bonds is 4. The highest BCUT2D eigenvalue weighted by Crippen LogP contribution is 2.26. The van der Waals surface area contributed by atoms with Gasteiger partial charge in [-0.05, 0) is 30.0 Å². The van der Waals surface area contributed by atoms with Crippen LogP contribution in [0.15, 0.2) is 35.7 Å². The van der Waals surface area contributed by atoms with Gasteiger partial charge in [0.25, 0.3) is 0 Å². The van der Waals surface area contributed by atoms with Gasteiger partial charge in [-0.2, -0.15) is 0 Å². The molecule has 2 rings (SSSR count). The fourth-order valence-electron chi connectivity index (χ4n) is 1.70. The minimum absolute atomic E-state index is 0.0937. The molecule has 0 saturated carbocycles. The standard InChI is InChI=1S/C13H13F2NS/c1-2-12(13-4-3-5-17-13)16-11-7-9(14)6-10(15)8-11/h3-8,12,16H,2H2,1H3. The molecule has 17 heavy (non-hydrogen) atoms. The maximum atomic E-state index is 13.0. The highest BCUT2D eigenvalue weighted by atomic mass is 32.1. The molecule has 1 heterocycles. The highest BCUT2D eigenvalue weighted by molar-refractivity contribution is 7.10. The molecular weight excluding hydrogens is 240 g/mol. The summed E-state index contributed by atoms with van der Waals surface area (Å²) < 4.78 is 26.1. The molecule has 1 atom stereocenters. The summed E-state index contributed by atoms with van der Waals surface area (Å²) in [7, 11) is 0. The molecule has 1 nitrogen and oxygen atoms in total. The maximum absolute atomic E-state index is 13.0. The van der Waals surface area contributed by atoms with Crippen LogP contribution in [-0.4, -0.2) is 0 Å². The van der Waals surface area contributed by atoms with E-state index in [1.54, 1.807) is 11.3 Å². The molecule has 1 unspecified atom stereocenters. The first kappa shape index (κ1) is 12.0. The van der Waals surface area contributed by atoms with Gasteiger partial charge in [0, 0.05) is 16.6 Å². The number of thiophene rings is 1. The Morgan fingerprint density at radius 1 is 1.24 bits per heavy atom. The van der Waals surface area contributed by atoms with E-state index in [4.69, 9.17) is 0 Å². The maximum Gasteiger partial charge on any atom is 0.128 e. The third-order valence-corrected chi connectivity index (χ3v) is 3.48. The van der Waals surface area contributed by atoms with E-state index in [2.05, 4.69) is 5.32 Å². The zero-order valence-electron chi connectivity index (χ0n) is 9.41. The van der Waals surface area contributed by atoms with E-state index in [0.717, 1.165) is 17.4 Å². The molecule has 4 heteroatoms. The third-order valence-electron chi connectivity index (χ3n) is 2.50. The van der Waals surface area contributed by atoms with Gasteiger partial charge in [0.1, 0.15) is 11.6 Å². The van der Waals surface area contributed by atoms with Gasteiger partial charge in [-0.25, -0.2) is 8.78 Å². The monoisotopic (exact) mass is 253 g/mol. The fourth-order valence-corrected chi connectivity index (χ4v) is 2.56. The van der Waals surface area contributed by atoms with Gasteiger partial charge >= 0.3 is 0 Å². The fraction of sp³-hybridized carbons (Fsp3) is 0.231. The molecule has 0 aliphatic carbocycles. The second kappa shape index (κ2) is 5.27. The topological polar surface area (TPSA) is 12.0 Å². The Kier molecular flexibility index (Phi) is 3.74. The van der Waals surface area contributed by atoms with Gasteiger partial charge in [0.2, 0.25) is 0 Å². The van der Waals surface area contributed by atoms with Crippen LogP contribution < -0.4 is 5.32 Å². The van der Waals surface area contributed by atoms with Crippen molar-refractivity contribution in [3.8, 4) is 0 Å². The average molecular weight is 253 g/mol. The van der Waals surface area contributed by atoms with E-state index in [1.807, 2.05) is 24.4 Å². The number of hydrogen-bond donors (Lipinski definition) is 1. The SMILES string of the molecule is CCC(Nc1cc(F)cc(F)c1)c1cccs1. The Labute approximate surface area is 103 Å². The second-order valence-electron chi connectivity index (χ2n) is 3.78. The first-order chi connectivity index (χ1) is 8.19. The summed E-state index contributed by atoms with van der Waals surface area (Å²) in [5.74, 6) is -1.12. The smallest absolute Gasteiger partial charge is 0.128 e. The summed E-state index contributed by atoms with van der Waals surface area (Å²) in [5, 5.41) is 5.14. The summed E-state index contributed by atoms with van der Waals surface area (Å²) in [6.07, 6.45) is 0.860. The minimum atomic E-state index is -0.562. The number of benzene rings is 1. The Hall–Kier alpha value is -1.42. The van der Waals surface area contributed by atoms with Crippen molar-refractivity contribution in [1.29, 1.82) is 0 Å². The molecule has 90 valence electrons. The van der Waals surface area contributed by atoms with Crippen molar-refractivity contribution in [1.82, 2.24) is 0 Å². The van der Waals surface area contributed by atoms with Crippen molar-refractivity contribution in [2.75, 3.05) is 5.32 Å². The molecule has 1 aromatic heterocycles. The van der Waals surface area contributed by atoms with Crippen LogP contribution in [0, 0.1) is 11.6 Å². The molecule has 0 bridgehead atoms. The van der Waals surface area contributed by atoms with Crippen LogP contribution in [0.1, 0.15) is 24.3 Å². The predicted octanol–water partition coefficient (Wildman–Crippen LogP) is 4.59. The van der Waals surface area contributed by atoms with E-state index < -0.39 is 11.6 Å². The Morgan fingerprint density at radius 2 is 1.94 bits per heavy atom. The number of anilines is 1. The minimum Gasteiger partial charge on any atom is -0.377 e. The second-order valence-corrected chi connectivity index (χ2v) is 4.76. The average Bonchev–Trinajstić information content (AvgIpc) is 2.77. The van der Waals surface area contributed by atoms with Gasteiger partial charge in [-0.15, -0.1) is 11.3 Å². The van der Waals surface area contributed by atoms with Crippen LogP contribution in [0.3, 0.4) is 0 Å². The summed E-state index contributed by atoms with van der Waals surface area (Å²) >= 11 is 1.63. The van der Waals surface area contributed by atoms with Crippen LogP contribution >= 0.6 is 11.3 Å². The molecule has 0 aliphatic rings. The molecular formula is C13H13F2NS. The van der Waals surface area contributed by atoms with Crippen molar-refractivity contribution >= 4 is 17.0 Å². The van der Waals surface area contributed by atoms with Crippen molar-refractivity contribution in [2.24, 2.45) is 0 Å². The van der Waals surface area contributed by atoms with Gasteiger partial charge in [-0.1, -0.05) is 13.0 Å². The lowest BCUT2D eigenvalue weighted by atomic mass is 10.1. The van der Waals surface area contributed by atoms with Crippen LogP contribution in [0.2, 0.25) is 0 Å². The zero-order chi connectivity index (χ0) is 12.3. The van der Waals surface area contributed by atoms with Crippen LogP contribution in [0.4, 0.5) is 14.5 Å².